The van der Waals surface area contributed by atoms with E-state index in [0.29, 0.717) is 32.5 Å². The minimum atomic E-state index is -4.58. The molecule has 1 aromatic carbocycles. The number of benzene rings is 1. The first-order chi connectivity index (χ1) is 17.5. The fourth-order valence-electron chi connectivity index (χ4n) is 4.25. The van der Waals surface area contributed by atoms with Gasteiger partial charge < -0.3 is 5.11 Å². The van der Waals surface area contributed by atoms with Crippen LogP contribution in [0.25, 0.3) is 22.7 Å². The van der Waals surface area contributed by atoms with Crippen molar-refractivity contribution in [2.75, 3.05) is 0 Å². The van der Waals surface area contributed by atoms with Crippen LogP contribution in [0.15, 0.2) is 61.1 Å². The number of aromatic nitrogens is 3. The molecule has 0 saturated heterocycles. The Morgan fingerprint density at radius 3 is 2.51 bits per heavy atom. The molecule has 0 bridgehead atoms. The zero-order chi connectivity index (χ0) is 26.5. The Labute approximate surface area is 222 Å². The van der Waals surface area contributed by atoms with Crippen LogP contribution in [0, 0.1) is 6.92 Å². The van der Waals surface area contributed by atoms with Gasteiger partial charge in [-0.15, -0.1) is 11.3 Å². The number of hydrogen-bond donors (Lipinski definition) is 2. The van der Waals surface area contributed by atoms with Crippen molar-refractivity contribution in [2.24, 2.45) is 0 Å². The highest BCUT2D eigenvalue weighted by Gasteiger charge is 2.46. The van der Waals surface area contributed by atoms with Crippen molar-refractivity contribution in [3.63, 3.8) is 0 Å². The van der Waals surface area contributed by atoms with E-state index in [1.807, 2.05) is 13.0 Å². The molecule has 4 heterocycles. The van der Waals surface area contributed by atoms with Gasteiger partial charge in [0.15, 0.2) is 16.2 Å². The molecule has 0 spiro atoms. The van der Waals surface area contributed by atoms with Gasteiger partial charge >= 0.3 is 23.8 Å². The lowest BCUT2D eigenvalue weighted by Gasteiger charge is -2.20. The molecule has 0 saturated carbocycles. The lowest BCUT2D eigenvalue weighted by molar-refractivity contribution is -0.838. The summed E-state index contributed by atoms with van der Waals surface area (Å²) in [5.41, 5.74) is 0.732. The first kappa shape index (κ1) is 25.3. The minimum Gasteiger partial charge on any atom is -0.459 e. The van der Waals surface area contributed by atoms with E-state index in [4.69, 9.17) is 23.2 Å². The molecule has 1 atom stereocenters. The van der Waals surface area contributed by atoms with Crippen molar-refractivity contribution in [3.05, 3.63) is 92.1 Å². The Morgan fingerprint density at radius 1 is 1.08 bits per heavy atom. The largest absolute Gasteiger partial charge is 0.459 e. The summed E-state index contributed by atoms with van der Waals surface area (Å²) in [6.45, 7) is 2.09. The van der Waals surface area contributed by atoms with Gasteiger partial charge in [-0.05, 0) is 25.1 Å². The Hall–Kier alpha value is -3.31. The molecular formula is C25H17Cl2F3N4O2S+2. The van der Waals surface area contributed by atoms with Crippen LogP contribution < -0.4 is 9.47 Å². The predicted octanol–water partition coefficient (Wildman–Crippen LogP) is 5.27. The van der Waals surface area contributed by atoms with Crippen molar-refractivity contribution in [1.82, 2.24) is 9.97 Å². The second-order valence-electron chi connectivity index (χ2n) is 8.31. The molecule has 3 aromatic heterocycles. The maximum absolute atomic E-state index is 13.8. The fraction of sp³-hybridized carbons (Fsp3) is 0.120. The van der Waals surface area contributed by atoms with E-state index in [-0.39, 0.29) is 34.6 Å². The SMILES string of the molecule is Cc1ccc[n+]2c1[NH+](Cc1cnc(Cl)s1)C(=O)C(c1cccc(-c3ncc(C(F)(F)F)cc3Cl)c1)=C2O. The molecule has 2 N–H and O–H groups in total. The normalized spacial score (nSPS) is 15.7. The molecule has 4 aromatic rings. The number of aryl methyl sites for hydroxylation is 1. The molecule has 37 heavy (non-hydrogen) atoms. The Kier molecular flexibility index (Phi) is 6.53. The van der Waals surface area contributed by atoms with Gasteiger partial charge in [0.1, 0.15) is 6.54 Å². The van der Waals surface area contributed by atoms with Crippen molar-refractivity contribution in [3.8, 4) is 11.3 Å². The number of pyridine rings is 2. The van der Waals surface area contributed by atoms with E-state index in [9.17, 15) is 23.1 Å². The van der Waals surface area contributed by atoms with Gasteiger partial charge in [0, 0.05) is 29.6 Å². The summed E-state index contributed by atoms with van der Waals surface area (Å²) in [6.07, 6.45) is -0.620. The molecule has 188 valence electrons. The third kappa shape index (κ3) is 4.73. The molecule has 0 aliphatic carbocycles. The van der Waals surface area contributed by atoms with Gasteiger partial charge in [0.05, 0.1) is 26.7 Å². The Bertz CT molecular complexity index is 1590. The first-order valence-electron chi connectivity index (χ1n) is 10.8. The third-order valence-corrected chi connectivity index (χ3v) is 7.31. The molecule has 1 aliphatic rings. The van der Waals surface area contributed by atoms with Gasteiger partial charge in [-0.2, -0.15) is 18.1 Å². The van der Waals surface area contributed by atoms with E-state index in [2.05, 4.69) is 9.97 Å². The first-order valence-corrected chi connectivity index (χ1v) is 12.4. The minimum absolute atomic E-state index is 0.0404. The monoisotopic (exact) mass is 564 g/mol. The summed E-state index contributed by atoms with van der Waals surface area (Å²) < 4.78 is 41.1. The average Bonchev–Trinajstić information content (AvgIpc) is 3.26. The van der Waals surface area contributed by atoms with Crippen LogP contribution in [-0.2, 0) is 17.5 Å². The van der Waals surface area contributed by atoms with Crippen LogP contribution in [0.3, 0.4) is 0 Å². The van der Waals surface area contributed by atoms with Gasteiger partial charge in [0.2, 0.25) is 0 Å². The molecule has 0 radical (unpaired) electrons. The summed E-state index contributed by atoms with van der Waals surface area (Å²) in [6, 6.07) is 10.8. The summed E-state index contributed by atoms with van der Waals surface area (Å²) in [5, 5.41) is 11.0. The number of rotatable bonds is 4. The molecule has 1 aliphatic heterocycles. The van der Waals surface area contributed by atoms with Crippen LogP contribution in [0.4, 0.5) is 19.0 Å². The molecule has 12 heteroatoms. The number of hydrogen-bond acceptors (Lipinski definition) is 5. The van der Waals surface area contributed by atoms with Crippen LogP contribution in [0.2, 0.25) is 9.49 Å². The van der Waals surface area contributed by atoms with E-state index >= 15 is 0 Å². The quantitative estimate of drug-likeness (QED) is 0.331. The number of aliphatic hydroxyl groups excluding tert-OH is 1. The Balaban J connectivity index is 1.62. The van der Waals surface area contributed by atoms with Crippen LogP contribution >= 0.6 is 34.5 Å². The standard InChI is InChI=1S/C25H15Cl2F3N4O2S/c1-13-4-3-7-33-21(13)34(12-17-11-32-24(27)37-17)23(36)19(22(33)35)14-5-2-6-15(8-14)20-18(26)9-16(10-31-20)25(28,29)30/h2-11H,12H2,1H3/p+2. The molecule has 1 unspecified atom stereocenters. The molecule has 1 amide bonds. The molecule has 5 rings (SSSR count). The van der Waals surface area contributed by atoms with Gasteiger partial charge in [0.25, 0.3) is 0 Å². The maximum atomic E-state index is 13.8. The highest BCUT2D eigenvalue weighted by atomic mass is 35.5. The highest BCUT2D eigenvalue weighted by Crippen LogP contribution is 2.35. The zero-order valence-corrected chi connectivity index (χ0v) is 21.3. The smallest absolute Gasteiger partial charge is 0.417 e. The van der Waals surface area contributed by atoms with Crippen LogP contribution in [-0.4, -0.2) is 21.0 Å². The summed E-state index contributed by atoms with van der Waals surface area (Å²) in [4.78, 5) is 23.0. The Morgan fingerprint density at radius 2 is 1.84 bits per heavy atom. The summed E-state index contributed by atoms with van der Waals surface area (Å²) in [7, 11) is 0. The molecule has 0 fully saturated rings. The highest BCUT2D eigenvalue weighted by molar-refractivity contribution is 7.15. The van der Waals surface area contributed by atoms with E-state index in [1.54, 1.807) is 47.3 Å². The molecular weight excluding hydrogens is 548 g/mol. The average molecular weight is 565 g/mol. The van der Waals surface area contributed by atoms with E-state index < -0.39 is 11.7 Å². The number of thiazole rings is 1. The number of alkyl halides is 3. The van der Waals surface area contributed by atoms with Crippen molar-refractivity contribution in [1.29, 1.82) is 0 Å². The summed E-state index contributed by atoms with van der Waals surface area (Å²) >= 11 is 13.4. The van der Waals surface area contributed by atoms with Crippen LogP contribution in [0.5, 0.6) is 0 Å². The number of amides is 1. The number of quaternary nitrogens is 1. The lowest BCUT2D eigenvalue weighted by Crippen LogP contribution is -3.11. The topological polar surface area (TPSA) is 71.4 Å². The second kappa shape index (κ2) is 9.53. The fourth-order valence-corrected chi connectivity index (χ4v) is 5.51. The second-order valence-corrected chi connectivity index (χ2v) is 10.4. The van der Waals surface area contributed by atoms with Crippen molar-refractivity contribution < 1.29 is 32.5 Å². The summed E-state index contributed by atoms with van der Waals surface area (Å²) in [5.74, 6) is -0.0831. The number of aliphatic hydroxyl groups is 1. The van der Waals surface area contributed by atoms with Crippen molar-refractivity contribution in [2.45, 2.75) is 19.6 Å². The predicted molar refractivity (Wildman–Crippen MR) is 133 cm³/mol. The molecule has 6 nitrogen and oxygen atoms in total. The zero-order valence-electron chi connectivity index (χ0n) is 19.0. The lowest BCUT2D eigenvalue weighted by atomic mass is 9.98. The van der Waals surface area contributed by atoms with Gasteiger partial charge in [-0.3, -0.25) is 4.98 Å². The van der Waals surface area contributed by atoms with E-state index in [0.717, 1.165) is 16.5 Å². The van der Waals surface area contributed by atoms with Crippen LogP contribution in [0.1, 0.15) is 21.6 Å². The number of nitrogens with one attached hydrogen (secondary N) is 1. The van der Waals surface area contributed by atoms with Gasteiger partial charge in [-0.25, -0.2) is 9.78 Å². The number of fused-ring (bicyclic) bond motifs is 1. The number of halogens is 5. The maximum Gasteiger partial charge on any atom is 0.417 e. The number of carbonyl (C=O) groups is 1. The van der Waals surface area contributed by atoms with Crippen molar-refractivity contribution >= 4 is 57.7 Å². The van der Waals surface area contributed by atoms with Gasteiger partial charge in [-0.1, -0.05) is 46.0 Å². The number of nitrogens with zero attached hydrogens (tertiary/aromatic N) is 3. The number of carbonyl (C=O) groups excluding carboxylic acids is 1. The van der Waals surface area contributed by atoms with E-state index in [1.165, 1.54) is 11.3 Å². The third-order valence-electron chi connectivity index (χ3n) is 5.90.